The van der Waals surface area contributed by atoms with E-state index in [0.717, 1.165) is 12.2 Å². The summed E-state index contributed by atoms with van der Waals surface area (Å²) in [4.78, 5) is 0. The first-order chi connectivity index (χ1) is 8.83. The number of fused-ring (bicyclic) bond motifs is 1. The summed E-state index contributed by atoms with van der Waals surface area (Å²) in [6.45, 7) is 2.12. The minimum Gasteiger partial charge on any atom is -0.489 e. The van der Waals surface area contributed by atoms with Crippen LogP contribution in [0, 0.1) is 0 Å². The predicted octanol–water partition coefficient (Wildman–Crippen LogP) is 4.18. The highest BCUT2D eigenvalue weighted by molar-refractivity contribution is 5.73. The molecule has 1 heteroatoms. The number of hydrogen-bond acceptors (Lipinski definition) is 1. The lowest BCUT2D eigenvalue weighted by Crippen LogP contribution is -2.05. The molecule has 1 heterocycles. The van der Waals surface area contributed by atoms with Crippen molar-refractivity contribution in [2.75, 3.05) is 0 Å². The van der Waals surface area contributed by atoms with Crippen molar-refractivity contribution < 1.29 is 4.74 Å². The fourth-order valence-electron chi connectivity index (χ4n) is 2.34. The molecule has 1 aliphatic rings. The van der Waals surface area contributed by atoms with Crippen LogP contribution in [0.3, 0.4) is 0 Å². The molecule has 1 aliphatic heterocycles. The molecule has 90 valence electrons. The van der Waals surface area contributed by atoms with Crippen LogP contribution in [0.1, 0.15) is 23.6 Å². The third-order valence-corrected chi connectivity index (χ3v) is 3.21. The summed E-state index contributed by atoms with van der Waals surface area (Å²) in [7, 11) is 0. The van der Waals surface area contributed by atoms with Crippen LogP contribution < -0.4 is 4.74 Å². The van der Waals surface area contributed by atoms with Crippen molar-refractivity contribution in [1.29, 1.82) is 0 Å². The smallest absolute Gasteiger partial charge is 0.130 e. The second-order valence-corrected chi connectivity index (χ2v) is 4.71. The molecular weight excluding hydrogens is 220 g/mol. The molecule has 1 nitrogen and oxygen atoms in total. The zero-order valence-electron chi connectivity index (χ0n) is 10.5. The van der Waals surface area contributed by atoms with E-state index in [9.17, 15) is 0 Å². The minimum absolute atomic E-state index is 0.297. The molecule has 0 N–H and O–H groups in total. The Morgan fingerprint density at radius 1 is 1.00 bits per heavy atom. The molecule has 0 aliphatic carbocycles. The lowest BCUT2D eigenvalue weighted by Gasteiger charge is -2.05. The molecule has 2 aromatic carbocycles. The van der Waals surface area contributed by atoms with Crippen LogP contribution in [0.2, 0.25) is 0 Å². The first-order valence-electron chi connectivity index (χ1n) is 6.34. The Bertz CT molecular complexity index is 569. The summed E-state index contributed by atoms with van der Waals surface area (Å²) in [6, 6.07) is 16.7. The first-order valence-corrected chi connectivity index (χ1v) is 6.34. The molecule has 18 heavy (non-hydrogen) atoms. The van der Waals surface area contributed by atoms with E-state index in [4.69, 9.17) is 4.74 Å². The van der Waals surface area contributed by atoms with E-state index in [-0.39, 0.29) is 0 Å². The van der Waals surface area contributed by atoms with Gasteiger partial charge in [-0.05, 0) is 18.1 Å². The van der Waals surface area contributed by atoms with Crippen LogP contribution in [0.15, 0.2) is 48.5 Å². The summed E-state index contributed by atoms with van der Waals surface area (Å²) in [5.41, 5.74) is 3.69. The standard InChI is InChI=1S/C17H16O/c1-13-12-16-9-5-8-15(17(16)18-13)11-10-14-6-3-2-4-7-14/h2-11,13H,12H2,1H3. The monoisotopic (exact) mass is 236 g/mol. The number of para-hydroxylation sites is 1. The number of benzene rings is 2. The van der Waals surface area contributed by atoms with Gasteiger partial charge in [-0.25, -0.2) is 0 Å². The van der Waals surface area contributed by atoms with Gasteiger partial charge in [0.2, 0.25) is 0 Å². The minimum atomic E-state index is 0.297. The fourth-order valence-corrected chi connectivity index (χ4v) is 2.34. The average Bonchev–Trinajstić information content (AvgIpc) is 2.78. The molecule has 0 radical (unpaired) electrons. The van der Waals surface area contributed by atoms with Gasteiger partial charge in [0.15, 0.2) is 0 Å². The van der Waals surface area contributed by atoms with Gasteiger partial charge in [-0.2, -0.15) is 0 Å². The molecule has 1 atom stereocenters. The fraction of sp³-hybridized carbons (Fsp3) is 0.176. The molecule has 0 amide bonds. The van der Waals surface area contributed by atoms with Gasteiger partial charge in [0.25, 0.3) is 0 Å². The summed E-state index contributed by atoms with van der Waals surface area (Å²) < 4.78 is 5.88. The second kappa shape index (κ2) is 4.69. The van der Waals surface area contributed by atoms with Gasteiger partial charge in [-0.1, -0.05) is 60.7 Å². The molecule has 0 spiro atoms. The molecule has 2 aromatic rings. The van der Waals surface area contributed by atoms with E-state index < -0.39 is 0 Å². The lowest BCUT2D eigenvalue weighted by molar-refractivity contribution is 0.254. The zero-order chi connectivity index (χ0) is 12.4. The predicted molar refractivity (Wildman–Crippen MR) is 75.6 cm³/mol. The lowest BCUT2D eigenvalue weighted by atomic mass is 10.1. The zero-order valence-corrected chi connectivity index (χ0v) is 10.5. The van der Waals surface area contributed by atoms with Crippen LogP contribution >= 0.6 is 0 Å². The second-order valence-electron chi connectivity index (χ2n) is 4.71. The maximum atomic E-state index is 5.88. The van der Waals surface area contributed by atoms with Crippen molar-refractivity contribution >= 4 is 12.2 Å². The van der Waals surface area contributed by atoms with Crippen molar-refractivity contribution in [1.82, 2.24) is 0 Å². The third-order valence-electron chi connectivity index (χ3n) is 3.21. The largest absolute Gasteiger partial charge is 0.489 e. The summed E-state index contributed by atoms with van der Waals surface area (Å²) >= 11 is 0. The van der Waals surface area contributed by atoms with Gasteiger partial charge >= 0.3 is 0 Å². The Balaban J connectivity index is 1.91. The van der Waals surface area contributed by atoms with Gasteiger partial charge in [0, 0.05) is 12.0 Å². The van der Waals surface area contributed by atoms with E-state index in [1.807, 2.05) is 18.2 Å². The van der Waals surface area contributed by atoms with Crippen LogP contribution in [-0.4, -0.2) is 6.10 Å². The topological polar surface area (TPSA) is 9.23 Å². The molecule has 0 bridgehead atoms. The number of rotatable bonds is 2. The van der Waals surface area contributed by atoms with Crippen molar-refractivity contribution in [3.63, 3.8) is 0 Å². The maximum Gasteiger partial charge on any atom is 0.130 e. The number of hydrogen-bond donors (Lipinski definition) is 0. The van der Waals surface area contributed by atoms with E-state index in [1.54, 1.807) is 0 Å². The van der Waals surface area contributed by atoms with E-state index >= 15 is 0 Å². The van der Waals surface area contributed by atoms with Gasteiger partial charge < -0.3 is 4.74 Å². The maximum absolute atomic E-state index is 5.88. The first kappa shape index (κ1) is 11.1. The normalized spacial score (nSPS) is 17.7. The van der Waals surface area contributed by atoms with Gasteiger partial charge in [0.05, 0.1) is 0 Å². The van der Waals surface area contributed by atoms with Crippen molar-refractivity contribution in [2.24, 2.45) is 0 Å². The molecule has 1 unspecified atom stereocenters. The van der Waals surface area contributed by atoms with Gasteiger partial charge in [-0.15, -0.1) is 0 Å². The van der Waals surface area contributed by atoms with Gasteiger partial charge in [0.1, 0.15) is 11.9 Å². The van der Waals surface area contributed by atoms with Gasteiger partial charge in [-0.3, -0.25) is 0 Å². The number of ether oxygens (including phenoxy) is 1. The molecular formula is C17H16O. The van der Waals surface area contributed by atoms with Crippen LogP contribution in [0.5, 0.6) is 5.75 Å². The van der Waals surface area contributed by atoms with E-state index in [0.29, 0.717) is 6.10 Å². The Labute approximate surface area is 108 Å². The molecule has 0 saturated heterocycles. The Morgan fingerprint density at radius 2 is 1.83 bits per heavy atom. The Hall–Kier alpha value is -2.02. The van der Waals surface area contributed by atoms with E-state index in [2.05, 4.69) is 49.4 Å². The van der Waals surface area contributed by atoms with Crippen molar-refractivity contribution in [2.45, 2.75) is 19.4 Å². The third kappa shape index (κ3) is 2.17. The molecule has 3 rings (SSSR count). The van der Waals surface area contributed by atoms with Crippen LogP contribution in [0.25, 0.3) is 12.2 Å². The molecule has 0 aromatic heterocycles. The summed E-state index contributed by atoms with van der Waals surface area (Å²) in [6.07, 6.45) is 5.57. The highest BCUT2D eigenvalue weighted by Gasteiger charge is 2.20. The Kier molecular flexibility index (Phi) is 2.89. The Morgan fingerprint density at radius 3 is 2.67 bits per heavy atom. The molecule has 0 saturated carbocycles. The highest BCUT2D eigenvalue weighted by atomic mass is 16.5. The van der Waals surface area contributed by atoms with Crippen molar-refractivity contribution in [3.05, 3.63) is 65.2 Å². The average molecular weight is 236 g/mol. The SMILES string of the molecule is CC1Cc2cccc(C=Cc3ccccc3)c2O1. The highest BCUT2D eigenvalue weighted by Crippen LogP contribution is 2.33. The van der Waals surface area contributed by atoms with Crippen molar-refractivity contribution in [3.8, 4) is 5.75 Å². The van der Waals surface area contributed by atoms with Crippen LogP contribution in [-0.2, 0) is 6.42 Å². The van der Waals surface area contributed by atoms with E-state index in [1.165, 1.54) is 16.7 Å². The summed E-state index contributed by atoms with van der Waals surface area (Å²) in [5.74, 6) is 1.05. The quantitative estimate of drug-likeness (QED) is 0.711. The summed E-state index contributed by atoms with van der Waals surface area (Å²) in [5, 5.41) is 0. The van der Waals surface area contributed by atoms with Crippen LogP contribution in [0.4, 0.5) is 0 Å². The molecule has 0 fully saturated rings.